The monoisotopic (exact) mass is 129 g/mol. The van der Waals surface area contributed by atoms with Crippen LogP contribution in [-0.4, -0.2) is 13.7 Å². The Kier molecular flexibility index (Phi) is 4.14. The molecule has 0 saturated carbocycles. The molecule has 0 spiro atoms. The van der Waals surface area contributed by atoms with Gasteiger partial charge in [0.25, 0.3) is 0 Å². The molecular formula is C7H15NO. The summed E-state index contributed by atoms with van der Waals surface area (Å²) in [4.78, 5) is 0. The van der Waals surface area contributed by atoms with Crippen LogP contribution in [0.15, 0.2) is 11.8 Å². The van der Waals surface area contributed by atoms with Crippen molar-refractivity contribution in [3.63, 3.8) is 0 Å². The number of hydrogen-bond donors (Lipinski definition) is 1. The molecule has 0 rings (SSSR count). The minimum Gasteiger partial charge on any atom is -0.500 e. The molecule has 54 valence electrons. The van der Waals surface area contributed by atoms with Crippen molar-refractivity contribution in [2.24, 2.45) is 11.7 Å². The molecule has 9 heavy (non-hydrogen) atoms. The average molecular weight is 129 g/mol. The van der Waals surface area contributed by atoms with Crippen molar-refractivity contribution in [3.05, 3.63) is 11.8 Å². The smallest absolute Gasteiger partial charge is 0.105 e. The van der Waals surface area contributed by atoms with Crippen LogP contribution in [0, 0.1) is 5.92 Å². The van der Waals surface area contributed by atoms with Gasteiger partial charge < -0.3 is 10.5 Å². The predicted octanol–water partition coefficient (Wildman–Crippen LogP) is 1.13. The Morgan fingerprint density at radius 2 is 2.22 bits per heavy atom. The summed E-state index contributed by atoms with van der Waals surface area (Å²) in [6.07, 6.45) is 2.01. The third kappa shape index (κ3) is 4.03. The second-order valence-corrected chi connectivity index (χ2v) is 2.29. The molecule has 0 atom stereocenters. The maximum Gasteiger partial charge on any atom is 0.105 e. The summed E-state index contributed by atoms with van der Waals surface area (Å²) >= 11 is 0. The Morgan fingerprint density at radius 1 is 1.67 bits per heavy atom. The van der Waals surface area contributed by atoms with Crippen molar-refractivity contribution in [2.45, 2.75) is 13.8 Å². The fourth-order valence-electron chi connectivity index (χ4n) is 0.591. The van der Waals surface area contributed by atoms with Crippen LogP contribution in [0.25, 0.3) is 0 Å². The second-order valence-electron chi connectivity index (χ2n) is 2.29. The molecule has 0 saturated heterocycles. The lowest BCUT2D eigenvalue weighted by atomic mass is 10.2. The third-order valence-electron chi connectivity index (χ3n) is 0.983. The van der Waals surface area contributed by atoms with E-state index in [1.165, 1.54) is 0 Å². The first kappa shape index (κ1) is 8.50. The minimum atomic E-state index is 0.495. The molecule has 0 unspecified atom stereocenters. The molecule has 0 aliphatic heterocycles. The lowest BCUT2D eigenvalue weighted by molar-refractivity contribution is 0.283. The summed E-state index contributed by atoms with van der Waals surface area (Å²) in [7, 11) is 1.64. The first-order valence-corrected chi connectivity index (χ1v) is 3.15. The Balaban J connectivity index is 3.75. The molecule has 0 aliphatic carbocycles. The summed E-state index contributed by atoms with van der Waals surface area (Å²) < 4.78 is 4.95. The lowest BCUT2D eigenvalue weighted by Crippen LogP contribution is -2.05. The van der Waals surface area contributed by atoms with Gasteiger partial charge in [-0.05, 0) is 12.0 Å². The molecule has 0 heterocycles. The second kappa shape index (κ2) is 4.39. The van der Waals surface area contributed by atoms with Crippen molar-refractivity contribution in [1.29, 1.82) is 0 Å². The zero-order valence-corrected chi connectivity index (χ0v) is 6.35. The molecule has 0 aromatic heterocycles. The molecule has 0 aromatic carbocycles. The maximum atomic E-state index is 5.34. The average Bonchev–Trinajstić information content (AvgIpc) is 1.82. The van der Waals surface area contributed by atoms with E-state index in [4.69, 9.17) is 10.5 Å². The van der Waals surface area contributed by atoms with Crippen LogP contribution in [0.2, 0.25) is 0 Å². The van der Waals surface area contributed by atoms with E-state index in [0.717, 1.165) is 5.76 Å². The van der Waals surface area contributed by atoms with E-state index in [1.807, 2.05) is 6.08 Å². The number of methoxy groups -OCH3 is 1. The molecule has 0 bridgehead atoms. The normalized spacial score (nSPS) is 12.3. The van der Waals surface area contributed by atoms with E-state index in [2.05, 4.69) is 13.8 Å². The fraction of sp³-hybridized carbons (Fsp3) is 0.714. The quantitative estimate of drug-likeness (QED) is 0.580. The van der Waals surface area contributed by atoms with Crippen LogP contribution in [-0.2, 0) is 4.74 Å². The van der Waals surface area contributed by atoms with Crippen molar-refractivity contribution < 1.29 is 4.74 Å². The van der Waals surface area contributed by atoms with Gasteiger partial charge >= 0.3 is 0 Å². The number of hydrogen-bond acceptors (Lipinski definition) is 2. The van der Waals surface area contributed by atoms with Gasteiger partial charge in [-0.25, -0.2) is 0 Å². The summed E-state index contributed by atoms with van der Waals surface area (Å²) in [6.45, 7) is 4.68. The Labute approximate surface area is 56.7 Å². The fourth-order valence-corrected chi connectivity index (χ4v) is 0.591. The molecule has 0 fully saturated rings. The maximum absolute atomic E-state index is 5.34. The minimum absolute atomic E-state index is 0.495. The van der Waals surface area contributed by atoms with Crippen LogP contribution in [0.1, 0.15) is 13.8 Å². The van der Waals surface area contributed by atoms with Crippen molar-refractivity contribution in [2.75, 3.05) is 13.7 Å². The molecule has 0 radical (unpaired) electrons. The Morgan fingerprint density at radius 3 is 2.33 bits per heavy atom. The molecule has 2 heteroatoms. The van der Waals surface area contributed by atoms with Crippen LogP contribution in [0.5, 0.6) is 0 Å². The van der Waals surface area contributed by atoms with Gasteiger partial charge in [0, 0.05) is 0 Å². The van der Waals surface area contributed by atoms with Gasteiger partial charge in [-0.15, -0.1) is 0 Å². The number of nitrogens with two attached hydrogens (primary N) is 1. The molecular weight excluding hydrogens is 114 g/mol. The van der Waals surface area contributed by atoms with Crippen molar-refractivity contribution in [3.8, 4) is 0 Å². The predicted molar refractivity (Wildman–Crippen MR) is 39.0 cm³/mol. The van der Waals surface area contributed by atoms with E-state index >= 15 is 0 Å². The van der Waals surface area contributed by atoms with Gasteiger partial charge in [0.05, 0.1) is 13.7 Å². The van der Waals surface area contributed by atoms with Crippen LogP contribution >= 0.6 is 0 Å². The van der Waals surface area contributed by atoms with Gasteiger partial charge in [0.1, 0.15) is 5.76 Å². The van der Waals surface area contributed by atoms with Crippen LogP contribution in [0.4, 0.5) is 0 Å². The highest BCUT2D eigenvalue weighted by Crippen LogP contribution is 2.00. The van der Waals surface area contributed by atoms with Gasteiger partial charge in [0.15, 0.2) is 0 Å². The Hall–Kier alpha value is -0.500. The molecule has 0 aliphatic rings. The van der Waals surface area contributed by atoms with Crippen LogP contribution in [0.3, 0.4) is 0 Å². The van der Waals surface area contributed by atoms with Gasteiger partial charge in [-0.1, -0.05) is 13.8 Å². The summed E-state index contributed by atoms with van der Waals surface area (Å²) in [5.74, 6) is 1.38. The van der Waals surface area contributed by atoms with E-state index < -0.39 is 0 Å². The lowest BCUT2D eigenvalue weighted by Gasteiger charge is -2.03. The van der Waals surface area contributed by atoms with E-state index in [1.54, 1.807) is 7.11 Å². The number of ether oxygens (including phenoxy) is 1. The van der Waals surface area contributed by atoms with E-state index in [9.17, 15) is 0 Å². The first-order chi connectivity index (χ1) is 4.20. The highest BCUT2D eigenvalue weighted by atomic mass is 16.5. The molecule has 0 amide bonds. The molecule has 2 N–H and O–H groups in total. The summed E-state index contributed by atoms with van der Waals surface area (Å²) in [5, 5.41) is 0. The standard InChI is InChI=1S/C7H15NO/c1-6(2)4-7(5-8)9-3/h4,6H,5,8H2,1-3H3/b7-4-. The van der Waals surface area contributed by atoms with E-state index in [-0.39, 0.29) is 0 Å². The molecule has 0 aromatic rings. The van der Waals surface area contributed by atoms with Gasteiger partial charge in [-0.3, -0.25) is 0 Å². The first-order valence-electron chi connectivity index (χ1n) is 3.15. The highest BCUT2D eigenvalue weighted by Gasteiger charge is 1.92. The largest absolute Gasteiger partial charge is 0.500 e. The Bertz CT molecular complexity index is 91.1. The summed E-state index contributed by atoms with van der Waals surface area (Å²) in [5.41, 5.74) is 5.34. The molecule has 2 nitrogen and oxygen atoms in total. The highest BCUT2D eigenvalue weighted by molar-refractivity contribution is 4.95. The van der Waals surface area contributed by atoms with Crippen molar-refractivity contribution >= 4 is 0 Å². The SMILES string of the molecule is CO/C(=C\C(C)C)CN. The van der Waals surface area contributed by atoms with Gasteiger partial charge in [0.2, 0.25) is 0 Å². The number of allylic oxidation sites excluding steroid dienone is 1. The zero-order chi connectivity index (χ0) is 7.28. The topological polar surface area (TPSA) is 35.2 Å². The van der Waals surface area contributed by atoms with Crippen molar-refractivity contribution in [1.82, 2.24) is 0 Å². The van der Waals surface area contributed by atoms with Crippen LogP contribution < -0.4 is 5.73 Å². The van der Waals surface area contributed by atoms with Gasteiger partial charge in [-0.2, -0.15) is 0 Å². The zero-order valence-electron chi connectivity index (χ0n) is 6.35. The summed E-state index contributed by atoms with van der Waals surface area (Å²) in [6, 6.07) is 0. The third-order valence-corrected chi connectivity index (χ3v) is 0.983. The van der Waals surface area contributed by atoms with E-state index in [0.29, 0.717) is 12.5 Å². The number of rotatable bonds is 3.